The number of methoxy groups -OCH3 is 1. The molecular weight excluding hydrogens is 402 g/mol. The van der Waals surface area contributed by atoms with Crippen molar-refractivity contribution in [3.05, 3.63) is 23.8 Å². The lowest BCUT2D eigenvalue weighted by molar-refractivity contribution is 0.0566. The van der Waals surface area contributed by atoms with E-state index in [0.29, 0.717) is 38.2 Å². The molecule has 1 saturated heterocycles. The van der Waals surface area contributed by atoms with Crippen molar-refractivity contribution >= 4 is 23.7 Å². The van der Waals surface area contributed by atoms with Crippen LogP contribution in [0.25, 0.3) is 0 Å². The topological polar surface area (TPSA) is 120 Å². The summed E-state index contributed by atoms with van der Waals surface area (Å²) in [5, 5.41) is 17.9. The molecule has 0 radical (unpaired) electrons. The van der Waals surface area contributed by atoms with Gasteiger partial charge in [0.25, 0.3) is 0 Å². The Balaban J connectivity index is 2.30. The monoisotopic (exact) mass is 431 g/mol. The van der Waals surface area contributed by atoms with Gasteiger partial charge in [-0.25, -0.2) is 9.59 Å². The number of hydrogen-bond acceptors (Lipinski definition) is 6. The highest BCUT2D eigenvalue weighted by Gasteiger charge is 2.30. The van der Waals surface area contributed by atoms with Gasteiger partial charge in [-0.1, -0.05) is 0 Å². The van der Waals surface area contributed by atoms with Crippen LogP contribution in [0.2, 0.25) is 0 Å². The van der Waals surface area contributed by atoms with Crippen LogP contribution in [0.1, 0.15) is 50.4 Å². The average Bonchev–Trinajstić information content (AvgIpc) is 2.70. The van der Waals surface area contributed by atoms with E-state index in [4.69, 9.17) is 19.8 Å². The standard InChI is InChI=1S/C22H29N3O6/c1-22(2,3)31-21(29)25(14-15-8-11-24(12-9-15)20(27)28)16-5-6-17(18(26)7-10-23)19(13-16)30-4/h5-6,13,15H,7-9,11-12,14H2,1-4H3,(H,27,28). The van der Waals surface area contributed by atoms with Gasteiger partial charge in [0.1, 0.15) is 11.4 Å². The fraction of sp³-hybridized carbons (Fsp3) is 0.545. The van der Waals surface area contributed by atoms with Gasteiger partial charge in [-0.2, -0.15) is 5.26 Å². The number of rotatable bonds is 6. The molecule has 31 heavy (non-hydrogen) atoms. The van der Waals surface area contributed by atoms with Crippen LogP contribution in [-0.2, 0) is 4.74 Å². The van der Waals surface area contributed by atoms with E-state index in [0.717, 1.165) is 0 Å². The van der Waals surface area contributed by atoms with Gasteiger partial charge in [-0.05, 0) is 51.7 Å². The van der Waals surface area contributed by atoms with Gasteiger partial charge in [0.2, 0.25) is 0 Å². The zero-order valence-electron chi connectivity index (χ0n) is 18.4. The smallest absolute Gasteiger partial charge is 0.414 e. The van der Waals surface area contributed by atoms with Gasteiger partial charge >= 0.3 is 12.2 Å². The molecule has 168 valence electrons. The second-order valence-corrected chi connectivity index (χ2v) is 8.45. The molecule has 2 amide bonds. The number of benzene rings is 1. The van der Waals surface area contributed by atoms with Crippen LogP contribution in [-0.4, -0.2) is 60.3 Å². The van der Waals surface area contributed by atoms with Gasteiger partial charge in [-0.15, -0.1) is 0 Å². The molecule has 1 aliphatic heterocycles. The van der Waals surface area contributed by atoms with E-state index in [9.17, 15) is 14.4 Å². The molecule has 0 aliphatic carbocycles. The normalized spacial score (nSPS) is 14.5. The summed E-state index contributed by atoms with van der Waals surface area (Å²) in [4.78, 5) is 39.2. The highest BCUT2D eigenvalue weighted by molar-refractivity contribution is 6.01. The van der Waals surface area contributed by atoms with E-state index in [-0.39, 0.29) is 29.4 Å². The highest BCUT2D eigenvalue weighted by atomic mass is 16.6. The number of Topliss-reactive ketones (excluding diaryl/α,β-unsaturated/α-hetero) is 1. The lowest BCUT2D eigenvalue weighted by atomic mass is 9.96. The van der Waals surface area contributed by atoms with E-state index in [1.807, 2.05) is 6.07 Å². The fourth-order valence-electron chi connectivity index (χ4n) is 3.41. The number of carbonyl (C=O) groups is 3. The first kappa shape index (κ1) is 24.0. The number of nitriles is 1. The molecule has 0 saturated carbocycles. The van der Waals surface area contributed by atoms with Crippen molar-refractivity contribution in [1.82, 2.24) is 4.90 Å². The lowest BCUT2D eigenvalue weighted by Crippen LogP contribution is -2.44. The van der Waals surface area contributed by atoms with Gasteiger partial charge in [0.05, 0.1) is 30.9 Å². The maximum Gasteiger partial charge on any atom is 0.414 e. The molecule has 1 aromatic rings. The molecular formula is C22H29N3O6. The summed E-state index contributed by atoms with van der Waals surface area (Å²) in [6.07, 6.45) is -0.493. The maximum absolute atomic E-state index is 13.0. The van der Waals surface area contributed by atoms with E-state index >= 15 is 0 Å². The van der Waals surface area contributed by atoms with E-state index < -0.39 is 17.8 Å². The van der Waals surface area contributed by atoms with Gasteiger partial charge in [-0.3, -0.25) is 9.69 Å². The Morgan fingerprint density at radius 1 is 1.26 bits per heavy atom. The van der Waals surface area contributed by atoms with Crippen molar-refractivity contribution in [2.45, 2.75) is 45.6 Å². The molecule has 0 atom stereocenters. The third kappa shape index (κ3) is 6.60. The molecule has 9 nitrogen and oxygen atoms in total. The number of carboxylic acid groups (broad SMARTS) is 1. The number of nitrogens with zero attached hydrogens (tertiary/aromatic N) is 3. The first-order valence-corrected chi connectivity index (χ1v) is 10.1. The number of ketones is 1. The van der Waals surface area contributed by atoms with Crippen molar-refractivity contribution in [3.63, 3.8) is 0 Å². The fourth-order valence-corrected chi connectivity index (χ4v) is 3.41. The minimum atomic E-state index is -0.940. The molecule has 0 bridgehead atoms. The zero-order valence-corrected chi connectivity index (χ0v) is 18.4. The minimum absolute atomic E-state index is 0.0917. The Kier molecular flexibility index (Phi) is 7.86. The van der Waals surface area contributed by atoms with Crippen LogP contribution in [0.5, 0.6) is 5.75 Å². The van der Waals surface area contributed by atoms with Crippen molar-refractivity contribution in [2.75, 3.05) is 31.6 Å². The quantitative estimate of drug-likeness (QED) is 0.678. The summed E-state index contributed by atoms with van der Waals surface area (Å²) >= 11 is 0. The van der Waals surface area contributed by atoms with Crippen LogP contribution in [0.3, 0.4) is 0 Å². The third-order valence-corrected chi connectivity index (χ3v) is 4.98. The third-order valence-electron chi connectivity index (χ3n) is 4.98. The molecule has 0 spiro atoms. The highest BCUT2D eigenvalue weighted by Crippen LogP contribution is 2.30. The van der Waals surface area contributed by atoms with Gasteiger partial charge < -0.3 is 19.5 Å². The summed E-state index contributed by atoms with van der Waals surface area (Å²) in [5.41, 5.74) is 0.0707. The van der Waals surface area contributed by atoms with E-state index in [1.165, 1.54) is 23.0 Å². The van der Waals surface area contributed by atoms with Crippen molar-refractivity contribution in [1.29, 1.82) is 5.26 Å². The number of piperidine rings is 1. The Labute approximate surface area is 182 Å². The minimum Gasteiger partial charge on any atom is -0.496 e. The second kappa shape index (κ2) is 10.2. The summed E-state index contributed by atoms with van der Waals surface area (Å²) in [5.74, 6) is -0.00298. The number of likely N-dealkylation sites (tertiary alicyclic amines) is 1. The van der Waals surface area contributed by atoms with Crippen molar-refractivity contribution in [2.24, 2.45) is 5.92 Å². The number of anilines is 1. The van der Waals surface area contributed by atoms with Gasteiger partial charge in [0, 0.05) is 25.7 Å². The largest absolute Gasteiger partial charge is 0.496 e. The number of carbonyl (C=O) groups excluding carboxylic acids is 2. The van der Waals surface area contributed by atoms with Crippen LogP contribution in [0, 0.1) is 17.2 Å². The maximum atomic E-state index is 13.0. The predicted octanol–water partition coefficient (Wildman–Crippen LogP) is 3.92. The second-order valence-electron chi connectivity index (χ2n) is 8.45. The number of amides is 2. The molecule has 0 unspecified atom stereocenters. The Hall–Kier alpha value is -3.28. The Bertz CT molecular complexity index is 863. The summed E-state index contributed by atoms with van der Waals surface area (Å²) in [6, 6.07) is 6.58. The summed E-state index contributed by atoms with van der Waals surface area (Å²) in [6.45, 7) is 6.49. The molecule has 1 fully saturated rings. The summed E-state index contributed by atoms with van der Waals surface area (Å²) < 4.78 is 10.9. The molecule has 1 N–H and O–H groups in total. The van der Waals surface area contributed by atoms with Crippen LogP contribution >= 0.6 is 0 Å². The van der Waals surface area contributed by atoms with E-state index in [1.54, 1.807) is 32.9 Å². The number of ether oxygens (including phenoxy) is 2. The molecule has 9 heteroatoms. The van der Waals surface area contributed by atoms with E-state index in [2.05, 4.69) is 0 Å². The van der Waals surface area contributed by atoms with Crippen LogP contribution < -0.4 is 9.64 Å². The SMILES string of the molecule is COc1cc(N(CC2CCN(C(=O)O)CC2)C(=O)OC(C)(C)C)ccc1C(=O)CC#N. The van der Waals surface area contributed by atoms with Crippen LogP contribution in [0.15, 0.2) is 18.2 Å². The van der Waals surface area contributed by atoms with Gasteiger partial charge in [0.15, 0.2) is 5.78 Å². The molecule has 1 heterocycles. The lowest BCUT2D eigenvalue weighted by Gasteiger charge is -2.34. The molecule has 0 aromatic heterocycles. The number of hydrogen-bond donors (Lipinski definition) is 1. The first-order valence-electron chi connectivity index (χ1n) is 10.1. The average molecular weight is 431 g/mol. The molecule has 1 aliphatic rings. The molecule has 1 aromatic carbocycles. The summed E-state index contributed by atoms with van der Waals surface area (Å²) in [7, 11) is 1.42. The van der Waals surface area contributed by atoms with Crippen molar-refractivity contribution in [3.8, 4) is 11.8 Å². The predicted molar refractivity (Wildman–Crippen MR) is 113 cm³/mol. The zero-order chi connectivity index (χ0) is 23.2. The first-order chi connectivity index (χ1) is 14.6. The Morgan fingerprint density at radius 3 is 2.42 bits per heavy atom. The van der Waals surface area contributed by atoms with Crippen LogP contribution in [0.4, 0.5) is 15.3 Å². The Morgan fingerprint density at radius 2 is 1.90 bits per heavy atom. The van der Waals surface area contributed by atoms with Crippen molar-refractivity contribution < 1.29 is 29.0 Å². The molecule has 2 rings (SSSR count).